The van der Waals surface area contributed by atoms with E-state index in [-0.39, 0.29) is 0 Å². The fourth-order valence-corrected chi connectivity index (χ4v) is 2.56. The summed E-state index contributed by atoms with van der Waals surface area (Å²) in [6.07, 6.45) is 0.988. The van der Waals surface area contributed by atoms with Crippen LogP contribution >= 0.6 is 0 Å². The fraction of sp³-hybridized carbons (Fsp3) is 0.611. The van der Waals surface area contributed by atoms with Crippen molar-refractivity contribution in [3.05, 3.63) is 29.8 Å². The van der Waals surface area contributed by atoms with Crippen molar-refractivity contribution in [3.63, 3.8) is 0 Å². The zero-order valence-corrected chi connectivity index (χ0v) is 15.3. The predicted molar refractivity (Wildman–Crippen MR) is 97.7 cm³/mol. The molecule has 0 aromatic heterocycles. The fourth-order valence-electron chi connectivity index (χ4n) is 2.56. The van der Waals surface area contributed by atoms with Crippen LogP contribution in [-0.4, -0.2) is 69.9 Å². The molecule has 1 aliphatic heterocycles. The third kappa shape index (κ3) is 7.53. The Bertz CT molecular complexity index is 566. The van der Waals surface area contributed by atoms with Gasteiger partial charge in [-0.15, -0.1) is 0 Å². The largest absolute Gasteiger partial charge is 0.492 e. The molecule has 2 rings (SSSR count). The van der Waals surface area contributed by atoms with Crippen LogP contribution in [0.2, 0.25) is 0 Å². The van der Waals surface area contributed by atoms with Crippen molar-refractivity contribution in [1.82, 2.24) is 15.5 Å². The van der Waals surface area contributed by atoms with Gasteiger partial charge in [-0.3, -0.25) is 9.89 Å². The van der Waals surface area contributed by atoms with Crippen LogP contribution in [0.5, 0.6) is 5.75 Å². The molecule has 0 spiro atoms. The molecule has 0 atom stereocenters. The molecule has 0 unspecified atom stereocenters. The van der Waals surface area contributed by atoms with Gasteiger partial charge in [0.2, 0.25) is 0 Å². The van der Waals surface area contributed by atoms with Crippen molar-refractivity contribution in [1.29, 1.82) is 0 Å². The summed E-state index contributed by atoms with van der Waals surface area (Å²) in [5, 5.41) is 6.34. The molecule has 146 valence electrons. The number of nitrogens with zero attached hydrogens (tertiary/aromatic N) is 2. The van der Waals surface area contributed by atoms with Crippen molar-refractivity contribution < 1.29 is 18.3 Å². The van der Waals surface area contributed by atoms with Crippen LogP contribution in [0.1, 0.15) is 13.3 Å². The van der Waals surface area contributed by atoms with Gasteiger partial charge in [0.25, 0.3) is 0 Å². The minimum atomic E-state index is -0.911. The zero-order valence-electron chi connectivity index (χ0n) is 15.3. The Labute approximate surface area is 153 Å². The molecule has 0 saturated carbocycles. The Hall–Kier alpha value is -1.93. The standard InChI is InChI=1S/C18H28F2N4O2/c1-2-21-18(22-6-3-8-24-9-12-25-13-10-24)23-7-11-26-15-4-5-16(19)17(20)14-15/h4-5,14H,2-3,6-13H2,1H3,(H2,21,22,23). The minimum Gasteiger partial charge on any atom is -0.492 e. The van der Waals surface area contributed by atoms with Crippen molar-refractivity contribution in [2.45, 2.75) is 13.3 Å². The maximum absolute atomic E-state index is 13.1. The average Bonchev–Trinajstić information content (AvgIpc) is 2.66. The summed E-state index contributed by atoms with van der Waals surface area (Å²) >= 11 is 0. The van der Waals surface area contributed by atoms with Crippen LogP contribution in [-0.2, 0) is 4.74 Å². The molecule has 1 heterocycles. The topological polar surface area (TPSA) is 58.1 Å². The lowest BCUT2D eigenvalue weighted by Crippen LogP contribution is -2.40. The molecule has 0 bridgehead atoms. The highest BCUT2D eigenvalue weighted by atomic mass is 19.2. The summed E-state index contributed by atoms with van der Waals surface area (Å²) in [5.74, 6) is -0.763. The second-order valence-corrected chi connectivity index (χ2v) is 5.92. The van der Waals surface area contributed by atoms with E-state index < -0.39 is 11.6 Å². The third-order valence-corrected chi connectivity index (χ3v) is 3.90. The highest BCUT2D eigenvalue weighted by Crippen LogP contribution is 2.14. The molecular formula is C18H28F2N4O2. The van der Waals surface area contributed by atoms with Gasteiger partial charge in [-0.25, -0.2) is 8.78 Å². The molecule has 26 heavy (non-hydrogen) atoms. The molecule has 1 aromatic rings. The number of hydrogen-bond donors (Lipinski definition) is 2. The third-order valence-electron chi connectivity index (χ3n) is 3.90. The van der Waals surface area contributed by atoms with Crippen LogP contribution in [0.15, 0.2) is 23.2 Å². The van der Waals surface area contributed by atoms with Crippen molar-refractivity contribution in [3.8, 4) is 5.75 Å². The lowest BCUT2D eigenvalue weighted by Gasteiger charge is -2.26. The zero-order chi connectivity index (χ0) is 18.6. The first-order chi connectivity index (χ1) is 12.7. The lowest BCUT2D eigenvalue weighted by atomic mass is 10.3. The number of hydrogen-bond acceptors (Lipinski definition) is 4. The van der Waals surface area contributed by atoms with Crippen LogP contribution in [0, 0.1) is 11.6 Å². The second kappa shape index (κ2) is 11.6. The van der Waals surface area contributed by atoms with E-state index in [1.165, 1.54) is 6.07 Å². The normalized spacial score (nSPS) is 15.7. The van der Waals surface area contributed by atoms with Gasteiger partial charge in [-0.05, 0) is 25.5 Å². The van der Waals surface area contributed by atoms with Crippen LogP contribution in [0.4, 0.5) is 8.78 Å². The lowest BCUT2D eigenvalue weighted by molar-refractivity contribution is 0.0377. The van der Waals surface area contributed by atoms with Gasteiger partial charge in [-0.1, -0.05) is 0 Å². The molecule has 0 aliphatic carbocycles. The van der Waals surface area contributed by atoms with Gasteiger partial charge in [0.15, 0.2) is 17.6 Å². The summed E-state index contributed by atoms with van der Waals surface area (Å²) in [4.78, 5) is 6.92. The molecule has 1 saturated heterocycles. The summed E-state index contributed by atoms with van der Waals surface area (Å²) in [5.41, 5.74) is 0. The Morgan fingerprint density at radius 2 is 2.04 bits per heavy atom. The molecule has 8 heteroatoms. The summed E-state index contributed by atoms with van der Waals surface area (Å²) < 4.78 is 36.7. The number of guanidine groups is 1. The molecular weight excluding hydrogens is 342 g/mol. The van der Waals surface area contributed by atoms with E-state index >= 15 is 0 Å². The van der Waals surface area contributed by atoms with Gasteiger partial charge in [0, 0.05) is 38.8 Å². The summed E-state index contributed by atoms with van der Waals surface area (Å²) in [6.45, 7) is 8.95. The average molecular weight is 370 g/mol. The molecule has 6 nitrogen and oxygen atoms in total. The first-order valence-electron chi connectivity index (χ1n) is 9.09. The predicted octanol–water partition coefficient (Wildman–Crippen LogP) is 1.62. The van der Waals surface area contributed by atoms with E-state index in [0.717, 1.165) is 70.5 Å². The summed E-state index contributed by atoms with van der Waals surface area (Å²) in [6, 6.07) is 3.50. The second-order valence-electron chi connectivity index (χ2n) is 5.92. The van der Waals surface area contributed by atoms with Crippen molar-refractivity contribution in [2.75, 3.05) is 59.1 Å². The molecule has 2 N–H and O–H groups in total. The van der Waals surface area contributed by atoms with E-state index in [1.807, 2.05) is 6.92 Å². The molecule has 0 radical (unpaired) electrons. The van der Waals surface area contributed by atoms with Gasteiger partial charge in [0.05, 0.1) is 19.8 Å². The number of rotatable bonds is 9. The van der Waals surface area contributed by atoms with Gasteiger partial charge < -0.3 is 20.1 Å². The monoisotopic (exact) mass is 370 g/mol. The van der Waals surface area contributed by atoms with Gasteiger partial charge in [0.1, 0.15) is 12.4 Å². The number of ether oxygens (including phenoxy) is 2. The number of aliphatic imine (C=N–C) groups is 1. The first-order valence-corrected chi connectivity index (χ1v) is 9.09. The highest BCUT2D eigenvalue weighted by molar-refractivity contribution is 5.79. The van der Waals surface area contributed by atoms with E-state index in [0.29, 0.717) is 18.9 Å². The first kappa shape index (κ1) is 20.4. The number of benzene rings is 1. The summed E-state index contributed by atoms with van der Waals surface area (Å²) in [7, 11) is 0. The molecule has 0 amide bonds. The Balaban J connectivity index is 1.65. The number of halogens is 2. The Morgan fingerprint density at radius 3 is 2.77 bits per heavy atom. The molecule has 1 aliphatic rings. The van der Waals surface area contributed by atoms with Crippen LogP contribution in [0.25, 0.3) is 0 Å². The van der Waals surface area contributed by atoms with E-state index in [9.17, 15) is 8.78 Å². The molecule has 1 aromatic carbocycles. The number of morpholine rings is 1. The van der Waals surface area contributed by atoms with Crippen molar-refractivity contribution >= 4 is 5.96 Å². The van der Waals surface area contributed by atoms with Crippen LogP contribution in [0.3, 0.4) is 0 Å². The Kier molecular flexibility index (Phi) is 9.13. The highest BCUT2D eigenvalue weighted by Gasteiger charge is 2.09. The SMILES string of the molecule is CCNC(=NCCCN1CCOCC1)NCCOc1ccc(F)c(F)c1. The van der Waals surface area contributed by atoms with E-state index in [1.54, 1.807) is 0 Å². The number of nitrogens with one attached hydrogen (secondary N) is 2. The van der Waals surface area contributed by atoms with Crippen LogP contribution < -0.4 is 15.4 Å². The van der Waals surface area contributed by atoms with Crippen molar-refractivity contribution in [2.24, 2.45) is 4.99 Å². The van der Waals surface area contributed by atoms with Gasteiger partial charge in [-0.2, -0.15) is 0 Å². The maximum atomic E-state index is 13.1. The quantitative estimate of drug-likeness (QED) is 0.393. The smallest absolute Gasteiger partial charge is 0.191 e. The maximum Gasteiger partial charge on any atom is 0.191 e. The Morgan fingerprint density at radius 1 is 1.23 bits per heavy atom. The minimum absolute atomic E-state index is 0.304. The van der Waals surface area contributed by atoms with E-state index in [4.69, 9.17) is 9.47 Å². The van der Waals surface area contributed by atoms with Gasteiger partial charge >= 0.3 is 0 Å². The van der Waals surface area contributed by atoms with E-state index in [2.05, 4.69) is 20.5 Å². The molecule has 1 fully saturated rings.